The summed E-state index contributed by atoms with van der Waals surface area (Å²) >= 11 is 2.22. The van der Waals surface area contributed by atoms with Crippen LogP contribution in [0.2, 0.25) is 0 Å². The molecule has 0 atom stereocenters. The van der Waals surface area contributed by atoms with Gasteiger partial charge < -0.3 is 9.64 Å². The monoisotopic (exact) mass is 401 g/mol. The summed E-state index contributed by atoms with van der Waals surface area (Å²) in [6.45, 7) is 3.34. The van der Waals surface area contributed by atoms with Crippen molar-refractivity contribution in [3.63, 3.8) is 0 Å². The van der Waals surface area contributed by atoms with Crippen LogP contribution in [-0.4, -0.2) is 36.5 Å². The SMILES string of the molecule is CCOC(=O)CCN(CC1CC1)C(=O)c1ccc(I)cc1. The van der Waals surface area contributed by atoms with Gasteiger partial charge in [0.15, 0.2) is 0 Å². The van der Waals surface area contributed by atoms with Crippen molar-refractivity contribution in [1.82, 2.24) is 4.90 Å². The Morgan fingerprint density at radius 1 is 1.29 bits per heavy atom. The maximum atomic E-state index is 12.6. The quantitative estimate of drug-likeness (QED) is 0.521. The Labute approximate surface area is 139 Å². The molecule has 0 unspecified atom stereocenters. The second-order valence-corrected chi connectivity index (χ2v) is 6.50. The van der Waals surface area contributed by atoms with Crippen molar-refractivity contribution in [2.24, 2.45) is 5.92 Å². The first-order valence-electron chi connectivity index (χ1n) is 7.30. The number of ether oxygens (including phenoxy) is 1. The van der Waals surface area contributed by atoms with Gasteiger partial charge in [-0.25, -0.2) is 0 Å². The highest BCUT2D eigenvalue weighted by Crippen LogP contribution is 2.30. The van der Waals surface area contributed by atoms with E-state index < -0.39 is 0 Å². The third-order valence-electron chi connectivity index (χ3n) is 3.45. The molecule has 4 nitrogen and oxygen atoms in total. The Hall–Kier alpha value is -1.11. The molecule has 1 saturated carbocycles. The lowest BCUT2D eigenvalue weighted by Gasteiger charge is -2.22. The van der Waals surface area contributed by atoms with Gasteiger partial charge in [-0.15, -0.1) is 0 Å². The second-order valence-electron chi connectivity index (χ2n) is 5.26. The largest absolute Gasteiger partial charge is 0.466 e. The summed E-state index contributed by atoms with van der Waals surface area (Å²) in [4.78, 5) is 25.8. The number of carbonyl (C=O) groups is 2. The summed E-state index contributed by atoms with van der Waals surface area (Å²) in [6.07, 6.45) is 2.61. The maximum absolute atomic E-state index is 12.6. The molecule has 0 radical (unpaired) electrons. The van der Waals surface area contributed by atoms with Gasteiger partial charge in [-0.1, -0.05) is 0 Å². The van der Waals surface area contributed by atoms with Crippen molar-refractivity contribution in [2.75, 3.05) is 19.7 Å². The minimum atomic E-state index is -0.242. The Morgan fingerprint density at radius 3 is 2.52 bits per heavy atom. The van der Waals surface area contributed by atoms with E-state index in [1.807, 2.05) is 24.3 Å². The van der Waals surface area contributed by atoms with E-state index in [2.05, 4.69) is 22.6 Å². The van der Waals surface area contributed by atoms with Crippen LogP contribution in [0.4, 0.5) is 0 Å². The van der Waals surface area contributed by atoms with Crippen LogP contribution in [0, 0.1) is 9.49 Å². The van der Waals surface area contributed by atoms with Gasteiger partial charge in [0.25, 0.3) is 5.91 Å². The molecule has 0 heterocycles. The van der Waals surface area contributed by atoms with Gasteiger partial charge in [-0.3, -0.25) is 9.59 Å². The number of rotatable bonds is 7. The summed E-state index contributed by atoms with van der Waals surface area (Å²) in [5, 5.41) is 0. The molecular formula is C16H20INO3. The number of benzene rings is 1. The third-order valence-corrected chi connectivity index (χ3v) is 4.16. The molecule has 0 bridgehead atoms. The Kier molecular flexibility index (Phi) is 6.02. The normalized spacial score (nSPS) is 13.8. The van der Waals surface area contributed by atoms with Crippen LogP contribution in [-0.2, 0) is 9.53 Å². The summed E-state index contributed by atoms with van der Waals surface area (Å²) in [5.74, 6) is 0.358. The molecule has 1 aliphatic carbocycles. The van der Waals surface area contributed by atoms with Gasteiger partial charge in [-0.2, -0.15) is 0 Å². The molecule has 2 rings (SSSR count). The molecule has 5 heteroatoms. The van der Waals surface area contributed by atoms with Crippen molar-refractivity contribution < 1.29 is 14.3 Å². The number of hydrogen-bond donors (Lipinski definition) is 0. The molecule has 114 valence electrons. The topological polar surface area (TPSA) is 46.6 Å². The summed E-state index contributed by atoms with van der Waals surface area (Å²) in [6, 6.07) is 7.53. The first kappa shape index (κ1) is 16.3. The van der Waals surface area contributed by atoms with Gasteiger partial charge in [0.1, 0.15) is 0 Å². The zero-order valence-electron chi connectivity index (χ0n) is 12.2. The van der Waals surface area contributed by atoms with Gasteiger partial charge in [0.05, 0.1) is 13.0 Å². The number of hydrogen-bond acceptors (Lipinski definition) is 3. The number of amides is 1. The molecule has 1 aliphatic rings. The predicted octanol–water partition coefficient (Wildman–Crippen LogP) is 3.10. The van der Waals surface area contributed by atoms with Crippen molar-refractivity contribution in [2.45, 2.75) is 26.2 Å². The Bertz CT molecular complexity index is 497. The minimum Gasteiger partial charge on any atom is -0.466 e. The number of carbonyl (C=O) groups excluding carboxylic acids is 2. The lowest BCUT2D eigenvalue weighted by Crippen LogP contribution is -2.35. The van der Waals surface area contributed by atoms with Crippen molar-refractivity contribution >= 4 is 34.5 Å². The van der Waals surface area contributed by atoms with E-state index in [0.717, 1.165) is 10.1 Å². The molecular weight excluding hydrogens is 381 g/mol. The van der Waals surface area contributed by atoms with E-state index in [1.165, 1.54) is 12.8 Å². The van der Waals surface area contributed by atoms with Crippen molar-refractivity contribution in [1.29, 1.82) is 0 Å². The molecule has 0 saturated heterocycles. The van der Waals surface area contributed by atoms with Crippen LogP contribution in [0.15, 0.2) is 24.3 Å². The van der Waals surface area contributed by atoms with E-state index in [1.54, 1.807) is 11.8 Å². The lowest BCUT2D eigenvalue weighted by atomic mass is 10.2. The van der Waals surface area contributed by atoms with Gasteiger partial charge in [-0.05, 0) is 72.5 Å². The Balaban J connectivity index is 1.98. The van der Waals surface area contributed by atoms with E-state index >= 15 is 0 Å². The number of esters is 1. The molecule has 0 aromatic heterocycles. The standard InChI is InChI=1S/C16H20INO3/c1-2-21-15(19)9-10-18(11-12-3-4-12)16(20)13-5-7-14(17)8-6-13/h5-8,12H,2-4,9-11H2,1H3. The highest BCUT2D eigenvalue weighted by atomic mass is 127. The van der Waals surface area contributed by atoms with Crippen LogP contribution in [0.3, 0.4) is 0 Å². The summed E-state index contributed by atoms with van der Waals surface area (Å²) in [5.41, 5.74) is 0.680. The van der Waals surface area contributed by atoms with E-state index in [4.69, 9.17) is 4.74 Å². The minimum absolute atomic E-state index is 0.00241. The molecule has 1 aromatic rings. The van der Waals surface area contributed by atoms with Gasteiger partial charge in [0, 0.05) is 22.2 Å². The predicted molar refractivity (Wildman–Crippen MR) is 89.0 cm³/mol. The van der Waals surface area contributed by atoms with Crippen LogP contribution < -0.4 is 0 Å². The highest BCUT2D eigenvalue weighted by molar-refractivity contribution is 14.1. The number of nitrogens with zero attached hydrogens (tertiary/aromatic N) is 1. The van der Waals surface area contributed by atoms with Gasteiger partial charge >= 0.3 is 5.97 Å². The Morgan fingerprint density at radius 2 is 1.95 bits per heavy atom. The van der Waals surface area contributed by atoms with Crippen LogP contribution in [0.25, 0.3) is 0 Å². The highest BCUT2D eigenvalue weighted by Gasteiger charge is 2.27. The fourth-order valence-electron chi connectivity index (χ4n) is 2.12. The fourth-order valence-corrected chi connectivity index (χ4v) is 2.48. The molecule has 21 heavy (non-hydrogen) atoms. The van der Waals surface area contributed by atoms with Crippen LogP contribution >= 0.6 is 22.6 Å². The molecule has 1 aromatic carbocycles. The van der Waals surface area contributed by atoms with Gasteiger partial charge in [0.2, 0.25) is 0 Å². The average molecular weight is 401 g/mol. The summed E-state index contributed by atoms with van der Waals surface area (Å²) < 4.78 is 6.04. The van der Waals surface area contributed by atoms with Crippen molar-refractivity contribution in [3.05, 3.63) is 33.4 Å². The van der Waals surface area contributed by atoms with E-state index in [0.29, 0.717) is 24.6 Å². The molecule has 1 amide bonds. The fraction of sp³-hybridized carbons (Fsp3) is 0.500. The van der Waals surface area contributed by atoms with Crippen LogP contribution in [0.5, 0.6) is 0 Å². The van der Waals surface area contributed by atoms with Crippen molar-refractivity contribution in [3.8, 4) is 0 Å². The summed E-state index contributed by atoms with van der Waals surface area (Å²) in [7, 11) is 0. The zero-order valence-corrected chi connectivity index (χ0v) is 14.3. The smallest absolute Gasteiger partial charge is 0.307 e. The molecule has 1 fully saturated rings. The average Bonchev–Trinajstić information content (AvgIpc) is 3.28. The zero-order chi connectivity index (χ0) is 15.2. The van der Waals surface area contributed by atoms with E-state index in [9.17, 15) is 9.59 Å². The molecule has 0 N–H and O–H groups in total. The third kappa shape index (κ3) is 5.30. The maximum Gasteiger partial charge on any atom is 0.307 e. The molecule has 0 spiro atoms. The first-order valence-corrected chi connectivity index (χ1v) is 8.38. The molecule has 0 aliphatic heterocycles. The number of halogens is 1. The van der Waals surface area contributed by atoms with E-state index in [-0.39, 0.29) is 18.3 Å². The second kappa shape index (κ2) is 7.77. The van der Waals surface area contributed by atoms with Crippen LogP contribution in [0.1, 0.15) is 36.5 Å². The lowest BCUT2D eigenvalue weighted by molar-refractivity contribution is -0.143. The first-order chi connectivity index (χ1) is 10.1.